The minimum absolute atomic E-state index is 0.0161. The highest BCUT2D eigenvalue weighted by Gasteiger charge is 2.20. The monoisotopic (exact) mass is 269 g/mol. The van der Waals surface area contributed by atoms with Crippen molar-refractivity contribution in [3.05, 3.63) is 29.6 Å². The third kappa shape index (κ3) is 3.95. The van der Waals surface area contributed by atoms with E-state index in [-0.39, 0.29) is 11.3 Å². The van der Waals surface area contributed by atoms with Crippen LogP contribution in [0.15, 0.2) is 18.2 Å². The number of carbonyl (C=O) groups excluding carboxylic acids is 3. The van der Waals surface area contributed by atoms with Gasteiger partial charge in [-0.2, -0.15) is 0 Å². The fourth-order valence-corrected chi connectivity index (χ4v) is 1.18. The summed E-state index contributed by atoms with van der Waals surface area (Å²) in [6, 6.07) is 2.18. The summed E-state index contributed by atoms with van der Waals surface area (Å²) in [5.74, 6) is -2.41. The molecule has 1 unspecified atom stereocenters. The Morgan fingerprint density at radius 3 is 2.53 bits per heavy atom. The summed E-state index contributed by atoms with van der Waals surface area (Å²) in [5.41, 5.74) is 9.80. The highest BCUT2D eigenvalue weighted by molar-refractivity contribution is 5.98. The van der Waals surface area contributed by atoms with E-state index in [9.17, 15) is 18.8 Å². The number of amides is 3. The van der Waals surface area contributed by atoms with E-state index in [0.717, 1.165) is 18.2 Å². The second-order valence-electron chi connectivity index (χ2n) is 3.64. The number of nitrogen functional groups attached to an aromatic ring is 1. The maximum Gasteiger partial charge on any atom is 0.338 e. The average Bonchev–Trinajstić information content (AvgIpc) is 2.31. The van der Waals surface area contributed by atoms with Crippen LogP contribution in [0.5, 0.6) is 0 Å². The molecule has 3 amide bonds. The van der Waals surface area contributed by atoms with Crippen molar-refractivity contribution in [2.75, 3.05) is 5.73 Å². The van der Waals surface area contributed by atoms with Crippen LogP contribution >= 0.6 is 0 Å². The van der Waals surface area contributed by atoms with Gasteiger partial charge in [-0.1, -0.05) is 0 Å². The van der Waals surface area contributed by atoms with Crippen molar-refractivity contribution < 1.29 is 23.5 Å². The van der Waals surface area contributed by atoms with Gasteiger partial charge in [0.25, 0.3) is 5.91 Å². The number of hydrogen-bond donors (Lipinski definition) is 3. The molecule has 102 valence electrons. The first kappa shape index (κ1) is 14.4. The van der Waals surface area contributed by atoms with Crippen LogP contribution in [0.4, 0.5) is 14.9 Å². The summed E-state index contributed by atoms with van der Waals surface area (Å²) in [6.45, 7) is 1.25. The SMILES string of the molecule is CC(OC(=O)c1ccc(F)c(N)c1)C(=O)NC(N)=O. The van der Waals surface area contributed by atoms with Crippen LogP contribution in [0.2, 0.25) is 0 Å². The van der Waals surface area contributed by atoms with E-state index in [1.165, 1.54) is 6.92 Å². The maximum absolute atomic E-state index is 12.9. The number of imide groups is 1. The second kappa shape index (κ2) is 5.80. The average molecular weight is 269 g/mol. The van der Waals surface area contributed by atoms with Crippen LogP contribution in [-0.2, 0) is 9.53 Å². The van der Waals surface area contributed by atoms with Gasteiger partial charge in [0.05, 0.1) is 11.3 Å². The molecule has 0 aliphatic rings. The van der Waals surface area contributed by atoms with E-state index in [0.29, 0.717) is 0 Å². The predicted molar refractivity (Wildman–Crippen MR) is 63.4 cm³/mol. The number of rotatable bonds is 3. The maximum atomic E-state index is 12.9. The van der Waals surface area contributed by atoms with Crippen molar-refractivity contribution in [3.8, 4) is 0 Å². The van der Waals surface area contributed by atoms with E-state index in [1.54, 1.807) is 5.32 Å². The molecule has 1 rings (SSSR count). The molecule has 1 aromatic carbocycles. The molecule has 8 heteroatoms. The van der Waals surface area contributed by atoms with Crippen molar-refractivity contribution in [1.82, 2.24) is 5.32 Å². The molecule has 0 aromatic heterocycles. The smallest absolute Gasteiger partial charge is 0.338 e. The van der Waals surface area contributed by atoms with E-state index < -0.39 is 29.8 Å². The number of carbonyl (C=O) groups is 3. The Balaban J connectivity index is 2.71. The van der Waals surface area contributed by atoms with Gasteiger partial charge in [-0.05, 0) is 25.1 Å². The highest BCUT2D eigenvalue weighted by Crippen LogP contribution is 2.13. The largest absolute Gasteiger partial charge is 0.449 e. The number of nitrogens with two attached hydrogens (primary N) is 2. The highest BCUT2D eigenvalue weighted by atomic mass is 19.1. The molecule has 0 bridgehead atoms. The van der Waals surface area contributed by atoms with Crippen LogP contribution in [0.1, 0.15) is 17.3 Å². The molecule has 5 N–H and O–H groups in total. The fourth-order valence-electron chi connectivity index (χ4n) is 1.18. The molecule has 19 heavy (non-hydrogen) atoms. The van der Waals surface area contributed by atoms with Gasteiger partial charge in [-0.25, -0.2) is 14.0 Å². The number of benzene rings is 1. The zero-order valence-corrected chi connectivity index (χ0v) is 9.98. The number of anilines is 1. The molecule has 0 heterocycles. The van der Waals surface area contributed by atoms with E-state index >= 15 is 0 Å². The van der Waals surface area contributed by atoms with Crippen LogP contribution in [0.3, 0.4) is 0 Å². The zero-order valence-electron chi connectivity index (χ0n) is 9.98. The molecule has 0 saturated heterocycles. The van der Waals surface area contributed by atoms with Gasteiger partial charge < -0.3 is 16.2 Å². The quantitative estimate of drug-likeness (QED) is 0.532. The van der Waals surface area contributed by atoms with E-state index in [4.69, 9.17) is 16.2 Å². The molecule has 1 atom stereocenters. The summed E-state index contributed by atoms with van der Waals surface area (Å²) in [5, 5.41) is 1.76. The number of esters is 1. The topological polar surface area (TPSA) is 125 Å². The van der Waals surface area contributed by atoms with Crippen molar-refractivity contribution in [2.45, 2.75) is 13.0 Å². The van der Waals surface area contributed by atoms with Crippen molar-refractivity contribution in [2.24, 2.45) is 5.73 Å². The molecule has 1 aromatic rings. The zero-order chi connectivity index (χ0) is 14.6. The fraction of sp³-hybridized carbons (Fsp3) is 0.182. The number of nitrogens with one attached hydrogen (secondary N) is 1. The van der Waals surface area contributed by atoms with Gasteiger partial charge in [0, 0.05) is 0 Å². The first-order valence-electron chi connectivity index (χ1n) is 5.17. The van der Waals surface area contributed by atoms with Gasteiger partial charge >= 0.3 is 12.0 Å². The van der Waals surface area contributed by atoms with E-state index in [1.807, 2.05) is 0 Å². The minimum Gasteiger partial charge on any atom is -0.449 e. The van der Waals surface area contributed by atoms with Gasteiger partial charge in [0.1, 0.15) is 5.82 Å². The predicted octanol–water partition coefficient (Wildman–Crippen LogP) is 0.148. The molecule has 0 spiro atoms. The Hall–Kier alpha value is -2.64. The molecule has 7 nitrogen and oxygen atoms in total. The number of primary amides is 1. The summed E-state index contributed by atoms with van der Waals surface area (Å²) in [6.07, 6.45) is -1.23. The Bertz CT molecular complexity index is 533. The number of hydrogen-bond acceptors (Lipinski definition) is 5. The lowest BCUT2D eigenvalue weighted by molar-refractivity contribution is -0.127. The Morgan fingerprint density at radius 2 is 2.00 bits per heavy atom. The van der Waals surface area contributed by atoms with Crippen LogP contribution in [0, 0.1) is 5.82 Å². The summed E-state index contributed by atoms with van der Waals surface area (Å²) >= 11 is 0. The molecule has 0 saturated carbocycles. The van der Waals surface area contributed by atoms with Crippen LogP contribution in [0.25, 0.3) is 0 Å². The van der Waals surface area contributed by atoms with Gasteiger partial charge in [0.15, 0.2) is 6.10 Å². The molecule has 0 radical (unpaired) electrons. The van der Waals surface area contributed by atoms with Crippen LogP contribution < -0.4 is 16.8 Å². The lowest BCUT2D eigenvalue weighted by Gasteiger charge is -2.12. The van der Waals surface area contributed by atoms with Crippen molar-refractivity contribution >= 4 is 23.6 Å². The first-order chi connectivity index (χ1) is 8.81. The van der Waals surface area contributed by atoms with Crippen molar-refractivity contribution in [1.29, 1.82) is 0 Å². The van der Waals surface area contributed by atoms with Gasteiger partial charge in [-0.3, -0.25) is 10.1 Å². The lowest BCUT2D eigenvalue weighted by atomic mass is 10.2. The van der Waals surface area contributed by atoms with Gasteiger partial charge in [0.2, 0.25) is 0 Å². The number of urea groups is 1. The number of halogens is 1. The standard InChI is InChI=1S/C11H12FN3O4/c1-5(9(16)15-11(14)18)19-10(17)6-2-3-7(12)8(13)4-6/h2-5H,13H2,1H3,(H3,14,15,16,18). The Labute approximate surface area is 107 Å². The lowest BCUT2D eigenvalue weighted by Crippen LogP contribution is -2.42. The van der Waals surface area contributed by atoms with Crippen LogP contribution in [-0.4, -0.2) is 24.0 Å². The molecular weight excluding hydrogens is 257 g/mol. The Kier molecular flexibility index (Phi) is 4.41. The summed E-state index contributed by atoms with van der Waals surface area (Å²) in [4.78, 5) is 33.3. The van der Waals surface area contributed by atoms with Crippen molar-refractivity contribution in [3.63, 3.8) is 0 Å². The normalized spacial score (nSPS) is 11.5. The molecule has 0 aliphatic carbocycles. The van der Waals surface area contributed by atoms with E-state index in [2.05, 4.69) is 0 Å². The second-order valence-corrected chi connectivity index (χ2v) is 3.64. The molecular formula is C11H12FN3O4. The summed E-state index contributed by atoms with van der Waals surface area (Å²) in [7, 11) is 0. The summed E-state index contributed by atoms with van der Waals surface area (Å²) < 4.78 is 17.7. The minimum atomic E-state index is -1.23. The first-order valence-corrected chi connectivity index (χ1v) is 5.17. The molecule has 0 fully saturated rings. The third-order valence-corrected chi connectivity index (χ3v) is 2.13. The Morgan fingerprint density at radius 1 is 1.37 bits per heavy atom. The van der Waals surface area contributed by atoms with Gasteiger partial charge in [-0.15, -0.1) is 0 Å². The molecule has 0 aliphatic heterocycles. The third-order valence-electron chi connectivity index (χ3n) is 2.13. The number of ether oxygens (including phenoxy) is 1.